The quantitative estimate of drug-likeness (QED) is 0.526. The average molecular weight is 359 g/mol. The van der Waals surface area contributed by atoms with Gasteiger partial charge in [0.25, 0.3) is 0 Å². The van der Waals surface area contributed by atoms with Crippen LogP contribution >= 0.6 is 0 Å². The second kappa shape index (κ2) is 5.98. The summed E-state index contributed by atoms with van der Waals surface area (Å²) in [6.07, 6.45) is -4.27. The largest absolute Gasteiger partial charge is 0.441 e. The summed E-state index contributed by atoms with van der Waals surface area (Å²) in [5, 5.41) is 3.90. The summed E-state index contributed by atoms with van der Waals surface area (Å²) >= 11 is 0. The number of fused-ring (bicyclic) bond motifs is 1. The van der Waals surface area contributed by atoms with Gasteiger partial charge in [0.1, 0.15) is 5.52 Å². The Morgan fingerprint density at radius 3 is 2.69 bits per heavy atom. The van der Waals surface area contributed by atoms with Crippen LogP contribution in [0.25, 0.3) is 22.5 Å². The lowest BCUT2D eigenvalue weighted by Gasteiger charge is -2.07. The van der Waals surface area contributed by atoms with Gasteiger partial charge in [-0.2, -0.15) is 18.2 Å². The van der Waals surface area contributed by atoms with Crippen LogP contribution in [0, 0.1) is 6.92 Å². The molecule has 0 atom stereocenters. The van der Waals surface area contributed by atoms with Gasteiger partial charge in [0.2, 0.25) is 11.7 Å². The molecule has 4 rings (SSSR count). The highest BCUT2D eigenvalue weighted by Crippen LogP contribution is 2.30. The second-order valence-electron chi connectivity index (χ2n) is 5.80. The molecule has 0 spiro atoms. The van der Waals surface area contributed by atoms with Crippen molar-refractivity contribution in [3.8, 4) is 11.4 Å². The van der Waals surface area contributed by atoms with E-state index in [9.17, 15) is 13.2 Å². The summed E-state index contributed by atoms with van der Waals surface area (Å²) in [4.78, 5) is 8.51. The van der Waals surface area contributed by atoms with Gasteiger partial charge in [0, 0.05) is 12.5 Å². The summed E-state index contributed by atoms with van der Waals surface area (Å²) in [7, 11) is 0. The summed E-state index contributed by atoms with van der Waals surface area (Å²) < 4.78 is 49.0. The molecule has 0 aliphatic rings. The highest BCUT2D eigenvalue weighted by atomic mass is 19.4. The fraction of sp³-hybridized carbons (Fsp3) is 0.167. The average Bonchev–Trinajstić information content (AvgIpc) is 3.19. The molecular weight excluding hydrogens is 347 g/mol. The van der Waals surface area contributed by atoms with Crippen LogP contribution in [-0.4, -0.2) is 15.1 Å². The molecule has 4 aromatic rings. The number of halogens is 3. The van der Waals surface area contributed by atoms with Crippen molar-refractivity contribution in [3.63, 3.8) is 0 Å². The number of alkyl halides is 3. The first-order chi connectivity index (χ1) is 12.4. The number of aryl methyl sites for hydroxylation is 1. The predicted molar refractivity (Wildman–Crippen MR) is 86.3 cm³/mol. The van der Waals surface area contributed by atoms with E-state index < -0.39 is 11.7 Å². The van der Waals surface area contributed by atoms with Gasteiger partial charge in [0.15, 0.2) is 11.5 Å². The number of rotatable bonds is 3. The molecule has 2 aromatic carbocycles. The Morgan fingerprint density at radius 2 is 1.88 bits per heavy atom. The zero-order valence-corrected chi connectivity index (χ0v) is 13.5. The third kappa shape index (κ3) is 3.17. The van der Waals surface area contributed by atoms with Crippen molar-refractivity contribution >= 4 is 11.1 Å². The Bertz CT molecular complexity index is 1080. The second-order valence-corrected chi connectivity index (χ2v) is 5.80. The summed E-state index contributed by atoms with van der Waals surface area (Å²) in [5.74, 6) is 1.13. The monoisotopic (exact) mass is 359 g/mol. The van der Waals surface area contributed by atoms with Gasteiger partial charge in [-0.25, -0.2) is 4.98 Å². The Labute approximate surface area is 145 Å². The highest BCUT2D eigenvalue weighted by Gasteiger charge is 2.30. The maximum Gasteiger partial charge on any atom is 0.416 e. The molecule has 0 saturated heterocycles. The van der Waals surface area contributed by atoms with Crippen LogP contribution < -0.4 is 0 Å². The zero-order chi connectivity index (χ0) is 18.3. The summed E-state index contributed by atoms with van der Waals surface area (Å²) in [5.41, 5.74) is 1.74. The van der Waals surface area contributed by atoms with Crippen LogP contribution in [0.4, 0.5) is 13.2 Å². The maximum absolute atomic E-state index is 12.8. The van der Waals surface area contributed by atoms with E-state index in [2.05, 4.69) is 15.1 Å². The van der Waals surface area contributed by atoms with Gasteiger partial charge in [-0.3, -0.25) is 0 Å². The van der Waals surface area contributed by atoms with Crippen LogP contribution in [0.3, 0.4) is 0 Å². The standard InChI is InChI=1S/C18H12F3N3O2/c1-10-22-14-9-12(5-6-15(14)25-10)17-23-16(26-24-17)8-11-3-2-4-13(7-11)18(19,20)21/h2-7,9H,8H2,1H3. The van der Waals surface area contributed by atoms with E-state index in [-0.39, 0.29) is 12.3 Å². The number of nitrogens with zero attached hydrogens (tertiary/aromatic N) is 3. The molecule has 0 amide bonds. The molecule has 2 heterocycles. The topological polar surface area (TPSA) is 65.0 Å². The molecule has 5 nitrogen and oxygen atoms in total. The number of benzene rings is 2. The van der Waals surface area contributed by atoms with Crippen LogP contribution in [0.1, 0.15) is 22.9 Å². The Morgan fingerprint density at radius 1 is 1.04 bits per heavy atom. The lowest BCUT2D eigenvalue weighted by molar-refractivity contribution is -0.137. The van der Waals surface area contributed by atoms with Crippen molar-refractivity contribution in [1.82, 2.24) is 15.1 Å². The fourth-order valence-electron chi connectivity index (χ4n) is 2.66. The van der Waals surface area contributed by atoms with E-state index in [1.807, 2.05) is 0 Å². The SMILES string of the molecule is Cc1nc2cc(-c3noc(Cc4cccc(C(F)(F)F)c4)n3)ccc2o1. The number of hydrogen-bond donors (Lipinski definition) is 0. The minimum absolute atomic E-state index is 0.113. The van der Waals surface area contributed by atoms with E-state index in [4.69, 9.17) is 8.94 Å². The van der Waals surface area contributed by atoms with Crippen LogP contribution in [-0.2, 0) is 12.6 Å². The zero-order valence-electron chi connectivity index (χ0n) is 13.5. The maximum atomic E-state index is 12.8. The number of oxazole rings is 1. The third-order valence-electron chi connectivity index (χ3n) is 3.83. The van der Waals surface area contributed by atoms with E-state index in [1.165, 1.54) is 6.07 Å². The van der Waals surface area contributed by atoms with Crippen molar-refractivity contribution in [2.24, 2.45) is 0 Å². The number of aromatic nitrogens is 3. The normalized spacial score (nSPS) is 12.0. The smallest absolute Gasteiger partial charge is 0.416 e. The Kier molecular flexibility index (Phi) is 3.75. The number of hydrogen-bond acceptors (Lipinski definition) is 5. The first-order valence-corrected chi connectivity index (χ1v) is 7.75. The van der Waals surface area contributed by atoms with Gasteiger partial charge >= 0.3 is 6.18 Å². The molecule has 26 heavy (non-hydrogen) atoms. The molecular formula is C18H12F3N3O2. The van der Waals surface area contributed by atoms with E-state index in [0.29, 0.717) is 33.9 Å². The molecule has 0 aliphatic heterocycles. The third-order valence-corrected chi connectivity index (χ3v) is 3.83. The van der Waals surface area contributed by atoms with E-state index in [1.54, 1.807) is 31.2 Å². The Balaban J connectivity index is 1.59. The lowest BCUT2D eigenvalue weighted by atomic mass is 10.1. The minimum atomic E-state index is -4.39. The molecule has 0 fully saturated rings. The van der Waals surface area contributed by atoms with Gasteiger partial charge < -0.3 is 8.94 Å². The molecule has 132 valence electrons. The molecule has 2 aromatic heterocycles. The molecule has 0 radical (unpaired) electrons. The van der Waals surface area contributed by atoms with Crippen molar-refractivity contribution in [2.75, 3.05) is 0 Å². The van der Waals surface area contributed by atoms with Crippen molar-refractivity contribution in [3.05, 3.63) is 65.4 Å². The molecule has 0 unspecified atom stereocenters. The van der Waals surface area contributed by atoms with Crippen LogP contribution in [0.5, 0.6) is 0 Å². The van der Waals surface area contributed by atoms with Gasteiger partial charge in [-0.05, 0) is 29.8 Å². The molecule has 0 N–H and O–H groups in total. The van der Waals surface area contributed by atoms with E-state index >= 15 is 0 Å². The lowest BCUT2D eigenvalue weighted by Crippen LogP contribution is -2.05. The van der Waals surface area contributed by atoms with Gasteiger partial charge in [-0.15, -0.1) is 0 Å². The van der Waals surface area contributed by atoms with Crippen LogP contribution in [0.2, 0.25) is 0 Å². The van der Waals surface area contributed by atoms with Crippen LogP contribution in [0.15, 0.2) is 51.4 Å². The first-order valence-electron chi connectivity index (χ1n) is 7.75. The fourth-order valence-corrected chi connectivity index (χ4v) is 2.66. The first kappa shape index (κ1) is 16.3. The van der Waals surface area contributed by atoms with E-state index in [0.717, 1.165) is 12.1 Å². The molecule has 0 saturated carbocycles. The molecule has 0 bridgehead atoms. The summed E-state index contributed by atoms with van der Waals surface area (Å²) in [6, 6.07) is 10.3. The van der Waals surface area contributed by atoms with Crippen molar-refractivity contribution in [2.45, 2.75) is 19.5 Å². The summed E-state index contributed by atoms with van der Waals surface area (Å²) in [6.45, 7) is 1.75. The molecule has 8 heteroatoms. The predicted octanol–water partition coefficient (Wildman–Crippen LogP) is 4.80. The van der Waals surface area contributed by atoms with Crippen molar-refractivity contribution < 1.29 is 22.1 Å². The van der Waals surface area contributed by atoms with Gasteiger partial charge in [0.05, 0.1) is 12.0 Å². The molecule has 0 aliphatic carbocycles. The minimum Gasteiger partial charge on any atom is -0.441 e. The van der Waals surface area contributed by atoms with Gasteiger partial charge in [-0.1, -0.05) is 23.4 Å². The highest BCUT2D eigenvalue weighted by molar-refractivity contribution is 5.78. The van der Waals surface area contributed by atoms with Crippen molar-refractivity contribution in [1.29, 1.82) is 0 Å². The Hall–Kier alpha value is -3.16.